The van der Waals surface area contributed by atoms with Crippen molar-refractivity contribution in [3.63, 3.8) is 0 Å². The molecule has 0 aromatic heterocycles. The molecular formula is C14H20O3. The van der Waals surface area contributed by atoms with E-state index in [1.807, 2.05) is 0 Å². The van der Waals surface area contributed by atoms with Crippen LogP contribution in [0.1, 0.15) is 38.5 Å². The largest absolute Gasteiger partial charge is 0.501 e. The maximum absolute atomic E-state index is 11.8. The second-order valence-electron chi connectivity index (χ2n) is 5.87. The van der Waals surface area contributed by atoms with E-state index in [4.69, 9.17) is 9.47 Å². The SMILES string of the molecule is C=COCCC(=O)OC12CC3CC(CC1C3)C2. The standard InChI is InChI=1S/C14H20O3/c1-2-16-4-3-13(15)17-14-8-10-5-11(9-14)7-12(14)6-10/h2,10-12H,1,3-9H2. The highest BCUT2D eigenvalue weighted by Gasteiger charge is 2.60. The van der Waals surface area contributed by atoms with E-state index in [1.54, 1.807) is 0 Å². The van der Waals surface area contributed by atoms with Gasteiger partial charge in [0.2, 0.25) is 0 Å². The van der Waals surface area contributed by atoms with Crippen molar-refractivity contribution in [2.24, 2.45) is 17.8 Å². The lowest BCUT2D eigenvalue weighted by Crippen LogP contribution is -2.36. The maximum atomic E-state index is 11.8. The van der Waals surface area contributed by atoms with E-state index >= 15 is 0 Å². The minimum atomic E-state index is -0.0972. The monoisotopic (exact) mass is 236 g/mol. The molecule has 3 heteroatoms. The summed E-state index contributed by atoms with van der Waals surface area (Å²) in [5.41, 5.74) is -0.0845. The molecule has 3 nitrogen and oxygen atoms in total. The van der Waals surface area contributed by atoms with Crippen LogP contribution < -0.4 is 0 Å². The molecule has 0 aliphatic heterocycles. The molecule has 4 aliphatic rings. The molecule has 17 heavy (non-hydrogen) atoms. The molecule has 4 rings (SSSR count). The third kappa shape index (κ3) is 1.85. The number of rotatable bonds is 5. The Bertz CT molecular complexity index is 322. The van der Waals surface area contributed by atoms with Gasteiger partial charge in [0.05, 0.1) is 19.3 Å². The zero-order valence-electron chi connectivity index (χ0n) is 10.2. The van der Waals surface area contributed by atoms with Gasteiger partial charge < -0.3 is 9.47 Å². The van der Waals surface area contributed by atoms with Gasteiger partial charge in [-0.05, 0) is 49.9 Å². The number of hydrogen-bond donors (Lipinski definition) is 0. The molecule has 0 spiro atoms. The Morgan fingerprint density at radius 3 is 2.65 bits per heavy atom. The van der Waals surface area contributed by atoms with Crippen molar-refractivity contribution in [1.29, 1.82) is 0 Å². The summed E-state index contributed by atoms with van der Waals surface area (Å²) in [5.74, 6) is 2.20. The number of ether oxygens (including phenoxy) is 2. The van der Waals surface area contributed by atoms with Gasteiger partial charge in [0.15, 0.2) is 0 Å². The van der Waals surface area contributed by atoms with Crippen molar-refractivity contribution in [2.75, 3.05) is 6.61 Å². The topological polar surface area (TPSA) is 35.5 Å². The number of esters is 1. The molecule has 0 radical (unpaired) electrons. The average molecular weight is 236 g/mol. The van der Waals surface area contributed by atoms with Gasteiger partial charge in [0.25, 0.3) is 0 Å². The first-order chi connectivity index (χ1) is 8.22. The van der Waals surface area contributed by atoms with E-state index in [0.717, 1.165) is 24.7 Å². The van der Waals surface area contributed by atoms with Gasteiger partial charge >= 0.3 is 5.97 Å². The Morgan fingerprint density at radius 1 is 1.29 bits per heavy atom. The van der Waals surface area contributed by atoms with Crippen molar-refractivity contribution >= 4 is 5.97 Å². The van der Waals surface area contributed by atoms with Crippen LogP contribution in [0.4, 0.5) is 0 Å². The second-order valence-corrected chi connectivity index (χ2v) is 5.87. The van der Waals surface area contributed by atoms with Crippen LogP contribution >= 0.6 is 0 Å². The van der Waals surface area contributed by atoms with Gasteiger partial charge in [-0.2, -0.15) is 0 Å². The quantitative estimate of drug-likeness (QED) is 0.418. The third-order valence-electron chi connectivity index (χ3n) is 4.77. The molecule has 94 valence electrons. The fourth-order valence-electron chi connectivity index (χ4n) is 4.39. The lowest BCUT2D eigenvalue weighted by Gasteiger charge is -2.32. The molecule has 4 fully saturated rings. The van der Waals surface area contributed by atoms with E-state index in [9.17, 15) is 4.79 Å². The summed E-state index contributed by atoms with van der Waals surface area (Å²) in [4.78, 5) is 11.8. The van der Waals surface area contributed by atoms with Gasteiger partial charge in [-0.3, -0.25) is 4.79 Å². The highest BCUT2D eigenvalue weighted by Crippen LogP contribution is 2.62. The number of carbonyl (C=O) groups excluding carboxylic acids is 1. The molecule has 4 bridgehead atoms. The predicted molar refractivity (Wildman–Crippen MR) is 63.1 cm³/mol. The molecule has 4 aliphatic carbocycles. The van der Waals surface area contributed by atoms with Crippen LogP contribution in [-0.2, 0) is 14.3 Å². The Balaban J connectivity index is 1.58. The average Bonchev–Trinajstić information content (AvgIpc) is 2.63. The minimum absolute atomic E-state index is 0.0845. The zero-order valence-corrected chi connectivity index (χ0v) is 10.2. The first-order valence-electron chi connectivity index (χ1n) is 6.66. The fraction of sp³-hybridized carbons (Fsp3) is 0.786. The van der Waals surface area contributed by atoms with Crippen LogP contribution in [0.3, 0.4) is 0 Å². The lowest BCUT2D eigenvalue weighted by atomic mass is 9.81. The van der Waals surface area contributed by atoms with Crippen molar-refractivity contribution < 1.29 is 14.3 Å². The molecule has 4 saturated carbocycles. The first-order valence-corrected chi connectivity index (χ1v) is 6.66. The van der Waals surface area contributed by atoms with Crippen LogP contribution in [-0.4, -0.2) is 18.2 Å². The summed E-state index contributed by atoms with van der Waals surface area (Å²) in [5, 5.41) is 0. The summed E-state index contributed by atoms with van der Waals surface area (Å²) in [6, 6.07) is 0. The summed E-state index contributed by atoms with van der Waals surface area (Å²) >= 11 is 0. The summed E-state index contributed by atoms with van der Waals surface area (Å²) in [6.07, 6.45) is 7.88. The van der Waals surface area contributed by atoms with Crippen LogP contribution in [0.15, 0.2) is 12.8 Å². The van der Waals surface area contributed by atoms with E-state index in [2.05, 4.69) is 6.58 Å². The van der Waals surface area contributed by atoms with Gasteiger partial charge in [-0.1, -0.05) is 6.58 Å². The Hall–Kier alpha value is -0.990. The first kappa shape index (κ1) is 11.1. The van der Waals surface area contributed by atoms with Crippen molar-refractivity contribution in [3.05, 3.63) is 12.8 Å². The molecule has 0 N–H and O–H groups in total. The van der Waals surface area contributed by atoms with Crippen LogP contribution in [0.5, 0.6) is 0 Å². The van der Waals surface area contributed by atoms with Crippen LogP contribution in [0.2, 0.25) is 0 Å². The lowest BCUT2D eigenvalue weighted by molar-refractivity contribution is -0.164. The van der Waals surface area contributed by atoms with Crippen molar-refractivity contribution in [1.82, 2.24) is 0 Å². The van der Waals surface area contributed by atoms with Gasteiger partial charge in [0.1, 0.15) is 5.60 Å². The van der Waals surface area contributed by atoms with Gasteiger partial charge in [0, 0.05) is 0 Å². The minimum Gasteiger partial charge on any atom is -0.501 e. The number of hydrogen-bond acceptors (Lipinski definition) is 3. The van der Waals surface area contributed by atoms with Gasteiger partial charge in [-0.25, -0.2) is 0 Å². The fourth-order valence-corrected chi connectivity index (χ4v) is 4.39. The molecule has 0 heterocycles. The molecule has 0 aromatic carbocycles. The smallest absolute Gasteiger partial charge is 0.309 e. The van der Waals surface area contributed by atoms with E-state index in [0.29, 0.717) is 18.9 Å². The Labute approximate surface area is 102 Å². The van der Waals surface area contributed by atoms with Crippen molar-refractivity contribution in [2.45, 2.75) is 44.1 Å². The number of carbonyl (C=O) groups is 1. The van der Waals surface area contributed by atoms with Gasteiger partial charge in [-0.15, -0.1) is 0 Å². The highest BCUT2D eigenvalue weighted by molar-refractivity contribution is 5.70. The second kappa shape index (κ2) is 4.04. The van der Waals surface area contributed by atoms with Crippen LogP contribution in [0.25, 0.3) is 0 Å². The normalized spacial score (nSPS) is 41.5. The molecule has 0 saturated heterocycles. The van der Waals surface area contributed by atoms with E-state index in [-0.39, 0.29) is 11.6 Å². The Kier molecular flexibility index (Phi) is 2.64. The Morgan fingerprint density at radius 2 is 2.00 bits per heavy atom. The van der Waals surface area contributed by atoms with E-state index < -0.39 is 0 Å². The molecule has 2 atom stereocenters. The van der Waals surface area contributed by atoms with E-state index in [1.165, 1.54) is 25.5 Å². The molecular weight excluding hydrogens is 216 g/mol. The highest BCUT2D eigenvalue weighted by atomic mass is 16.6. The molecule has 0 amide bonds. The third-order valence-corrected chi connectivity index (χ3v) is 4.77. The molecule has 0 aromatic rings. The van der Waals surface area contributed by atoms with Crippen molar-refractivity contribution in [3.8, 4) is 0 Å². The zero-order chi connectivity index (χ0) is 11.9. The maximum Gasteiger partial charge on any atom is 0.309 e. The summed E-state index contributed by atoms with van der Waals surface area (Å²) < 4.78 is 10.8. The summed E-state index contributed by atoms with van der Waals surface area (Å²) in [6.45, 7) is 3.84. The summed E-state index contributed by atoms with van der Waals surface area (Å²) in [7, 11) is 0. The van der Waals surface area contributed by atoms with Crippen LogP contribution in [0, 0.1) is 17.8 Å². The predicted octanol–water partition coefficient (Wildman–Crippen LogP) is 2.66. The molecule has 2 unspecified atom stereocenters.